The van der Waals surface area contributed by atoms with E-state index in [0.717, 1.165) is 12.1 Å². The van der Waals surface area contributed by atoms with Crippen molar-refractivity contribution in [3.8, 4) is 0 Å². The molecule has 7 heteroatoms. The summed E-state index contributed by atoms with van der Waals surface area (Å²) >= 11 is 0. The van der Waals surface area contributed by atoms with E-state index in [1.165, 1.54) is 0 Å². The molecule has 1 aliphatic rings. The van der Waals surface area contributed by atoms with Crippen LogP contribution in [-0.2, 0) is 0 Å². The van der Waals surface area contributed by atoms with Crippen LogP contribution < -0.4 is 10.2 Å². The molecule has 1 saturated heterocycles. The van der Waals surface area contributed by atoms with Crippen molar-refractivity contribution in [3.05, 3.63) is 33.9 Å². The summed E-state index contributed by atoms with van der Waals surface area (Å²) in [5, 5.41) is 13.8. The van der Waals surface area contributed by atoms with E-state index >= 15 is 0 Å². The molecule has 0 bridgehead atoms. The van der Waals surface area contributed by atoms with Crippen LogP contribution in [0.2, 0.25) is 0 Å². The zero-order valence-corrected chi connectivity index (χ0v) is 10.7. The Morgan fingerprint density at radius 2 is 1.74 bits per heavy atom. The van der Waals surface area contributed by atoms with Gasteiger partial charge in [-0.25, -0.2) is 8.78 Å². The van der Waals surface area contributed by atoms with Crippen LogP contribution in [0.25, 0.3) is 0 Å². The fourth-order valence-electron chi connectivity index (χ4n) is 2.47. The Hall–Kier alpha value is -1.76. The molecule has 0 radical (unpaired) electrons. The van der Waals surface area contributed by atoms with Crippen molar-refractivity contribution < 1.29 is 13.7 Å². The van der Waals surface area contributed by atoms with Crippen LogP contribution in [0.1, 0.15) is 13.8 Å². The summed E-state index contributed by atoms with van der Waals surface area (Å²) in [7, 11) is 0. The Bertz CT molecular complexity index is 477. The molecule has 0 aromatic heterocycles. The number of piperazine rings is 1. The fourth-order valence-corrected chi connectivity index (χ4v) is 2.47. The minimum atomic E-state index is -0.895. The molecular formula is C12H15F2N3O2. The smallest absolute Gasteiger partial charge is 0.275 e. The average molecular weight is 271 g/mol. The van der Waals surface area contributed by atoms with Gasteiger partial charge in [0, 0.05) is 25.2 Å². The number of hydrogen-bond acceptors (Lipinski definition) is 4. The molecule has 2 rings (SSSR count). The van der Waals surface area contributed by atoms with E-state index in [2.05, 4.69) is 5.32 Å². The first kappa shape index (κ1) is 13.7. The fraction of sp³-hybridized carbons (Fsp3) is 0.500. The van der Waals surface area contributed by atoms with E-state index in [-0.39, 0.29) is 17.8 Å². The van der Waals surface area contributed by atoms with Crippen LogP contribution in [0.5, 0.6) is 0 Å². The number of hydrogen-bond donors (Lipinski definition) is 1. The molecule has 0 spiro atoms. The Morgan fingerprint density at radius 3 is 2.16 bits per heavy atom. The molecule has 1 fully saturated rings. The highest BCUT2D eigenvalue weighted by Gasteiger charge is 2.27. The van der Waals surface area contributed by atoms with Gasteiger partial charge in [0.2, 0.25) is 0 Å². The number of benzene rings is 1. The Balaban J connectivity index is 2.37. The number of non-ortho nitro benzene ring substituents is 1. The van der Waals surface area contributed by atoms with Gasteiger partial charge in [0.05, 0.1) is 17.1 Å². The lowest BCUT2D eigenvalue weighted by Crippen LogP contribution is -2.54. The van der Waals surface area contributed by atoms with E-state index in [9.17, 15) is 18.9 Å². The summed E-state index contributed by atoms with van der Waals surface area (Å²) in [6, 6.07) is 1.71. The molecule has 104 valence electrons. The number of nitro benzene ring substituents is 1. The minimum absolute atomic E-state index is 0.0951. The second-order valence-electron chi connectivity index (χ2n) is 4.89. The van der Waals surface area contributed by atoms with Crippen molar-refractivity contribution in [2.75, 3.05) is 18.0 Å². The second kappa shape index (κ2) is 5.08. The maximum absolute atomic E-state index is 13.9. The van der Waals surface area contributed by atoms with Crippen molar-refractivity contribution in [2.45, 2.75) is 25.9 Å². The zero-order valence-electron chi connectivity index (χ0n) is 10.7. The van der Waals surface area contributed by atoms with Crippen LogP contribution in [0.4, 0.5) is 20.2 Å². The van der Waals surface area contributed by atoms with Crippen molar-refractivity contribution in [1.29, 1.82) is 0 Å². The van der Waals surface area contributed by atoms with Gasteiger partial charge in [-0.2, -0.15) is 0 Å². The van der Waals surface area contributed by atoms with Crippen molar-refractivity contribution >= 4 is 11.4 Å². The first-order valence-electron chi connectivity index (χ1n) is 6.03. The number of nitro groups is 1. The summed E-state index contributed by atoms with van der Waals surface area (Å²) in [5.41, 5.74) is -0.763. The molecule has 1 N–H and O–H groups in total. The standard InChI is InChI=1S/C12H15F2N3O2/c1-7-5-16(6-8(2)15-7)12-10(13)3-9(17(18)19)4-11(12)14/h3-4,7-8,15H,5-6H2,1-2H3/t7-,8+. The number of nitrogens with zero attached hydrogens (tertiary/aromatic N) is 2. The van der Waals surface area contributed by atoms with Gasteiger partial charge in [-0.05, 0) is 13.8 Å². The topological polar surface area (TPSA) is 58.4 Å². The monoisotopic (exact) mass is 271 g/mol. The lowest BCUT2D eigenvalue weighted by atomic mass is 10.1. The van der Waals surface area contributed by atoms with Crippen LogP contribution in [0.15, 0.2) is 12.1 Å². The van der Waals surface area contributed by atoms with Crippen LogP contribution >= 0.6 is 0 Å². The third-order valence-electron chi connectivity index (χ3n) is 3.09. The maximum Gasteiger partial charge on any atom is 0.275 e. The molecule has 1 aromatic rings. The zero-order chi connectivity index (χ0) is 14.2. The Morgan fingerprint density at radius 1 is 1.26 bits per heavy atom. The third-order valence-corrected chi connectivity index (χ3v) is 3.09. The summed E-state index contributed by atoms with van der Waals surface area (Å²) in [6.07, 6.45) is 0. The molecule has 19 heavy (non-hydrogen) atoms. The van der Waals surface area contributed by atoms with Gasteiger partial charge < -0.3 is 10.2 Å². The highest BCUT2D eigenvalue weighted by molar-refractivity contribution is 5.54. The van der Waals surface area contributed by atoms with E-state index in [1.807, 2.05) is 13.8 Å². The quantitative estimate of drug-likeness (QED) is 0.660. The number of halogens is 2. The van der Waals surface area contributed by atoms with Gasteiger partial charge in [0.15, 0.2) is 11.6 Å². The molecule has 5 nitrogen and oxygen atoms in total. The molecule has 1 heterocycles. The van der Waals surface area contributed by atoms with E-state index in [1.54, 1.807) is 4.90 Å². The first-order chi connectivity index (χ1) is 8.88. The molecule has 0 saturated carbocycles. The van der Waals surface area contributed by atoms with Gasteiger partial charge >= 0.3 is 0 Å². The number of anilines is 1. The first-order valence-corrected chi connectivity index (χ1v) is 6.03. The van der Waals surface area contributed by atoms with E-state index < -0.39 is 22.2 Å². The van der Waals surface area contributed by atoms with Gasteiger partial charge in [0.25, 0.3) is 5.69 Å². The van der Waals surface area contributed by atoms with Gasteiger partial charge in [-0.3, -0.25) is 10.1 Å². The minimum Gasteiger partial charge on any atom is -0.364 e. The molecule has 2 atom stereocenters. The highest BCUT2D eigenvalue weighted by Crippen LogP contribution is 2.29. The molecule has 0 aliphatic carbocycles. The summed E-state index contributed by atoms with van der Waals surface area (Å²) in [5.74, 6) is -1.79. The van der Waals surface area contributed by atoms with E-state index in [4.69, 9.17) is 0 Å². The predicted octanol–water partition coefficient (Wildman–Crippen LogP) is 2.06. The lowest BCUT2D eigenvalue weighted by molar-refractivity contribution is -0.385. The largest absolute Gasteiger partial charge is 0.364 e. The molecular weight excluding hydrogens is 256 g/mol. The normalized spacial score (nSPS) is 23.5. The van der Waals surface area contributed by atoms with Crippen LogP contribution in [0, 0.1) is 21.7 Å². The molecule has 0 amide bonds. The number of nitrogens with one attached hydrogen (secondary N) is 1. The van der Waals surface area contributed by atoms with Crippen molar-refractivity contribution in [3.63, 3.8) is 0 Å². The molecule has 0 unspecified atom stereocenters. The summed E-state index contributed by atoms with van der Waals surface area (Å²) in [4.78, 5) is 11.3. The summed E-state index contributed by atoms with van der Waals surface area (Å²) in [6.45, 7) is 4.75. The lowest BCUT2D eigenvalue weighted by Gasteiger charge is -2.37. The SMILES string of the molecule is C[C@@H]1CN(c2c(F)cc([N+](=O)[O-])cc2F)C[C@H](C)N1. The van der Waals surface area contributed by atoms with Crippen LogP contribution in [0.3, 0.4) is 0 Å². The predicted molar refractivity (Wildman–Crippen MR) is 67.3 cm³/mol. The second-order valence-corrected chi connectivity index (χ2v) is 4.89. The molecule has 1 aliphatic heterocycles. The Labute approximate surface area is 109 Å². The third kappa shape index (κ3) is 2.81. The maximum atomic E-state index is 13.9. The average Bonchev–Trinajstić information content (AvgIpc) is 2.26. The van der Waals surface area contributed by atoms with Crippen molar-refractivity contribution in [1.82, 2.24) is 5.32 Å². The van der Waals surface area contributed by atoms with Gasteiger partial charge in [-0.1, -0.05) is 0 Å². The van der Waals surface area contributed by atoms with Gasteiger partial charge in [-0.15, -0.1) is 0 Å². The van der Waals surface area contributed by atoms with E-state index in [0.29, 0.717) is 13.1 Å². The van der Waals surface area contributed by atoms with Gasteiger partial charge in [0.1, 0.15) is 5.69 Å². The van der Waals surface area contributed by atoms with Crippen LogP contribution in [-0.4, -0.2) is 30.1 Å². The Kier molecular flexibility index (Phi) is 3.66. The molecule has 1 aromatic carbocycles. The highest BCUT2D eigenvalue weighted by atomic mass is 19.1. The summed E-state index contributed by atoms with van der Waals surface area (Å²) < 4.78 is 27.8. The van der Waals surface area contributed by atoms with Crippen molar-refractivity contribution in [2.24, 2.45) is 0 Å². The number of rotatable bonds is 2.